The molecule has 37 heavy (non-hydrogen) atoms. The van der Waals surface area contributed by atoms with Crippen LogP contribution in [0.2, 0.25) is 0 Å². The van der Waals surface area contributed by atoms with E-state index in [0.29, 0.717) is 40.2 Å². The molecule has 2 aromatic heterocycles. The number of aryl methyl sites for hydroxylation is 2. The van der Waals surface area contributed by atoms with Crippen LogP contribution in [0.25, 0.3) is 11.3 Å². The molecule has 0 radical (unpaired) electrons. The Morgan fingerprint density at radius 3 is 2.54 bits per heavy atom. The minimum atomic E-state index is -4.50. The summed E-state index contributed by atoms with van der Waals surface area (Å²) in [5.74, 6) is 0.258. The van der Waals surface area contributed by atoms with Gasteiger partial charge in [0.15, 0.2) is 0 Å². The van der Waals surface area contributed by atoms with Gasteiger partial charge in [-0.1, -0.05) is 18.2 Å². The van der Waals surface area contributed by atoms with E-state index in [-0.39, 0.29) is 23.2 Å². The zero-order chi connectivity index (χ0) is 26.4. The Labute approximate surface area is 212 Å². The van der Waals surface area contributed by atoms with Crippen LogP contribution in [0.15, 0.2) is 71.8 Å². The molecule has 0 amide bonds. The third kappa shape index (κ3) is 4.91. The van der Waals surface area contributed by atoms with Gasteiger partial charge >= 0.3 is 6.18 Å². The fraction of sp³-hybridized carbons (Fsp3) is 0.231. The van der Waals surface area contributed by atoms with Crippen LogP contribution >= 0.6 is 0 Å². The first-order chi connectivity index (χ1) is 17.5. The number of fused-ring (bicyclic) bond motifs is 1. The average molecular weight is 529 g/mol. The van der Waals surface area contributed by atoms with Crippen LogP contribution in [0.5, 0.6) is 5.75 Å². The van der Waals surface area contributed by atoms with Crippen molar-refractivity contribution in [2.75, 3.05) is 11.3 Å². The molecule has 3 heterocycles. The summed E-state index contributed by atoms with van der Waals surface area (Å²) in [6, 6.07) is 14.9. The Bertz CT molecular complexity index is 1580. The van der Waals surface area contributed by atoms with Gasteiger partial charge in [-0.05, 0) is 55.3 Å². The summed E-state index contributed by atoms with van der Waals surface area (Å²) in [6.45, 7) is 2.03. The topological polar surface area (TPSA) is 86.1 Å². The highest BCUT2D eigenvalue weighted by Gasteiger charge is 2.33. The summed E-state index contributed by atoms with van der Waals surface area (Å²) < 4.78 is 76.5. The predicted octanol–water partition coefficient (Wildman–Crippen LogP) is 5.52. The average Bonchev–Trinajstić information content (AvgIpc) is 3.27. The van der Waals surface area contributed by atoms with E-state index in [1.807, 2.05) is 0 Å². The van der Waals surface area contributed by atoms with Crippen LogP contribution in [0, 0.1) is 6.92 Å². The van der Waals surface area contributed by atoms with Gasteiger partial charge in [-0.15, -0.1) is 0 Å². The molecule has 1 unspecified atom stereocenters. The van der Waals surface area contributed by atoms with Gasteiger partial charge in [0.1, 0.15) is 11.6 Å². The largest absolute Gasteiger partial charge is 0.493 e. The zero-order valence-electron chi connectivity index (χ0n) is 20.0. The number of benzene rings is 2. The molecule has 0 bridgehead atoms. The molecule has 0 aliphatic carbocycles. The van der Waals surface area contributed by atoms with E-state index in [4.69, 9.17) is 4.74 Å². The summed E-state index contributed by atoms with van der Waals surface area (Å²) >= 11 is 0. The van der Waals surface area contributed by atoms with Gasteiger partial charge in [-0.3, -0.25) is 9.40 Å². The third-order valence-corrected chi connectivity index (χ3v) is 7.67. The number of pyridine rings is 1. The van der Waals surface area contributed by atoms with Crippen molar-refractivity contribution >= 4 is 15.8 Å². The van der Waals surface area contributed by atoms with Gasteiger partial charge < -0.3 is 4.74 Å². The molecule has 1 N–H and O–H groups in total. The van der Waals surface area contributed by atoms with Gasteiger partial charge in [0.05, 0.1) is 22.8 Å². The lowest BCUT2D eigenvalue weighted by Gasteiger charge is -2.29. The molecule has 1 aliphatic heterocycles. The first-order valence-corrected chi connectivity index (χ1v) is 12.9. The molecule has 0 saturated carbocycles. The minimum Gasteiger partial charge on any atom is -0.493 e. The van der Waals surface area contributed by atoms with Gasteiger partial charge in [0.25, 0.3) is 10.0 Å². The van der Waals surface area contributed by atoms with Crippen molar-refractivity contribution in [2.24, 2.45) is 7.05 Å². The van der Waals surface area contributed by atoms with Crippen molar-refractivity contribution in [1.82, 2.24) is 14.8 Å². The Kier molecular flexibility index (Phi) is 6.18. The second kappa shape index (κ2) is 9.22. The fourth-order valence-corrected chi connectivity index (χ4v) is 5.57. The van der Waals surface area contributed by atoms with Crippen molar-refractivity contribution < 1.29 is 26.3 Å². The molecule has 192 valence electrons. The number of aromatic nitrogens is 3. The summed E-state index contributed by atoms with van der Waals surface area (Å²) in [7, 11) is -2.27. The summed E-state index contributed by atoms with van der Waals surface area (Å²) in [6.07, 6.45) is -2.45. The molecule has 4 aromatic rings. The van der Waals surface area contributed by atoms with Crippen LogP contribution < -0.4 is 9.46 Å². The van der Waals surface area contributed by atoms with Crippen molar-refractivity contribution in [3.63, 3.8) is 0 Å². The van der Waals surface area contributed by atoms with E-state index in [2.05, 4.69) is 14.8 Å². The zero-order valence-corrected chi connectivity index (χ0v) is 20.8. The summed E-state index contributed by atoms with van der Waals surface area (Å²) in [4.78, 5) is 4.17. The first kappa shape index (κ1) is 24.8. The highest BCUT2D eigenvalue weighted by molar-refractivity contribution is 7.92. The third-order valence-electron chi connectivity index (χ3n) is 6.31. The van der Waals surface area contributed by atoms with E-state index in [0.717, 1.165) is 12.1 Å². The highest BCUT2D eigenvalue weighted by Crippen LogP contribution is 2.44. The molecule has 0 spiro atoms. The SMILES string of the molecule is Cc1cccc(NS(=O)(=O)c2ccc3c(c2)OCCC3c2ccc(C(F)(F)F)cc2-c2ccnn2C)n1. The van der Waals surface area contributed by atoms with Crippen molar-refractivity contribution in [3.8, 4) is 17.0 Å². The fourth-order valence-electron chi connectivity index (χ4n) is 4.55. The monoisotopic (exact) mass is 528 g/mol. The lowest BCUT2D eigenvalue weighted by Crippen LogP contribution is -2.19. The van der Waals surface area contributed by atoms with Crippen LogP contribution in [0.4, 0.5) is 19.0 Å². The van der Waals surface area contributed by atoms with E-state index in [1.165, 1.54) is 29.1 Å². The molecule has 1 atom stereocenters. The van der Waals surface area contributed by atoms with Gasteiger partial charge in [-0.25, -0.2) is 13.4 Å². The Morgan fingerprint density at radius 1 is 1.05 bits per heavy atom. The molecule has 7 nitrogen and oxygen atoms in total. The lowest BCUT2D eigenvalue weighted by atomic mass is 9.83. The van der Waals surface area contributed by atoms with Crippen LogP contribution in [0.3, 0.4) is 0 Å². The number of hydrogen-bond donors (Lipinski definition) is 1. The number of nitrogens with one attached hydrogen (secondary N) is 1. The van der Waals surface area contributed by atoms with Crippen LogP contribution in [-0.2, 0) is 23.2 Å². The number of alkyl halides is 3. The summed E-state index contributed by atoms with van der Waals surface area (Å²) in [5.41, 5.74) is 2.25. The number of rotatable bonds is 5. The number of ether oxygens (including phenoxy) is 1. The number of anilines is 1. The first-order valence-electron chi connectivity index (χ1n) is 11.5. The smallest absolute Gasteiger partial charge is 0.416 e. The van der Waals surface area contributed by atoms with E-state index in [1.54, 1.807) is 44.3 Å². The predicted molar refractivity (Wildman–Crippen MR) is 132 cm³/mol. The van der Waals surface area contributed by atoms with E-state index < -0.39 is 21.8 Å². The molecule has 1 aliphatic rings. The molecule has 0 fully saturated rings. The van der Waals surface area contributed by atoms with E-state index >= 15 is 0 Å². The van der Waals surface area contributed by atoms with Gasteiger partial charge in [0, 0.05) is 42.0 Å². The Balaban J connectivity index is 1.55. The second-order valence-corrected chi connectivity index (χ2v) is 10.5. The van der Waals surface area contributed by atoms with Crippen molar-refractivity contribution in [1.29, 1.82) is 0 Å². The van der Waals surface area contributed by atoms with E-state index in [9.17, 15) is 21.6 Å². The minimum absolute atomic E-state index is 0.00511. The molecule has 11 heteroatoms. The molecule has 5 rings (SSSR count). The highest BCUT2D eigenvalue weighted by atomic mass is 32.2. The molecule has 0 saturated heterocycles. The number of nitrogens with zero attached hydrogens (tertiary/aromatic N) is 3. The normalized spacial score (nSPS) is 15.6. The summed E-state index contributed by atoms with van der Waals surface area (Å²) in [5, 5.41) is 4.13. The maximum absolute atomic E-state index is 13.5. The second-order valence-electron chi connectivity index (χ2n) is 8.80. The Morgan fingerprint density at radius 2 is 1.84 bits per heavy atom. The van der Waals surface area contributed by atoms with Gasteiger partial charge in [0.2, 0.25) is 0 Å². The number of hydrogen-bond acceptors (Lipinski definition) is 5. The van der Waals surface area contributed by atoms with Crippen LogP contribution in [-0.4, -0.2) is 29.8 Å². The standard InChI is InChI=1S/C26H23F3N4O3S/c1-16-4-3-5-25(31-16)32-37(34,35)18-7-9-21-20(11-13-36-24(21)15-18)19-8-6-17(26(27,28)29)14-22(19)23-10-12-30-33(23)2/h3-10,12,14-15,20H,11,13H2,1-2H3,(H,31,32). The van der Waals surface area contributed by atoms with Crippen LogP contribution in [0.1, 0.15) is 34.7 Å². The molecule has 2 aromatic carbocycles. The lowest BCUT2D eigenvalue weighted by molar-refractivity contribution is -0.137. The van der Waals surface area contributed by atoms with Crippen molar-refractivity contribution in [2.45, 2.75) is 30.3 Å². The van der Waals surface area contributed by atoms with Crippen molar-refractivity contribution in [3.05, 3.63) is 89.2 Å². The quantitative estimate of drug-likeness (QED) is 0.369. The maximum Gasteiger partial charge on any atom is 0.416 e. The number of sulfonamides is 1. The Hall–Kier alpha value is -3.86. The van der Waals surface area contributed by atoms with Gasteiger partial charge in [-0.2, -0.15) is 18.3 Å². The molecular formula is C26H23F3N4O3S. The molecular weight excluding hydrogens is 505 g/mol. The maximum atomic E-state index is 13.5. The number of halogens is 3.